The third kappa shape index (κ3) is 3.90. The Balaban J connectivity index is 1.99. The normalized spacial score (nSPS) is 18.8. The molecule has 1 unspecified atom stereocenters. The van der Waals surface area contributed by atoms with E-state index in [4.69, 9.17) is 22.7 Å². The Kier molecular flexibility index (Phi) is 5.31. The van der Waals surface area contributed by atoms with E-state index >= 15 is 0 Å². The van der Waals surface area contributed by atoms with Gasteiger partial charge in [-0.25, -0.2) is 0 Å². The summed E-state index contributed by atoms with van der Waals surface area (Å²) in [6.07, 6.45) is 5.03. The van der Waals surface area contributed by atoms with Crippen LogP contribution in [0.2, 0.25) is 0 Å². The molecule has 5 heteroatoms. The number of hydrogen-bond acceptors (Lipinski definition) is 4. The van der Waals surface area contributed by atoms with Crippen LogP contribution in [0.5, 0.6) is 0 Å². The van der Waals surface area contributed by atoms with Gasteiger partial charge in [0.25, 0.3) is 0 Å². The quantitative estimate of drug-likeness (QED) is 0.817. The fourth-order valence-electron chi connectivity index (χ4n) is 2.68. The van der Waals surface area contributed by atoms with Crippen LogP contribution in [0.15, 0.2) is 6.07 Å². The first kappa shape index (κ1) is 15.2. The summed E-state index contributed by atoms with van der Waals surface area (Å²) >= 11 is 5.13. The molecule has 1 fully saturated rings. The van der Waals surface area contributed by atoms with Crippen molar-refractivity contribution in [3.8, 4) is 0 Å². The number of nitrogens with two attached hydrogens (primary N) is 1. The standard InChI is InChI=1S/C15H23N3OS/c1-10-9-13(14(15(16)20)11(2)18-10)17-7-6-12-5-3-4-8-19-12/h9,12H,3-8H2,1-2H3,(H2,16,20)(H,17,18). The van der Waals surface area contributed by atoms with E-state index in [1.54, 1.807) is 0 Å². The number of pyridine rings is 1. The molecule has 0 saturated carbocycles. The second kappa shape index (κ2) is 6.99. The van der Waals surface area contributed by atoms with Gasteiger partial charge in [-0.3, -0.25) is 4.98 Å². The Bertz CT molecular complexity index is 484. The zero-order chi connectivity index (χ0) is 14.5. The van der Waals surface area contributed by atoms with Crippen molar-refractivity contribution in [1.29, 1.82) is 0 Å². The summed E-state index contributed by atoms with van der Waals surface area (Å²) in [5, 5.41) is 3.44. The molecule has 1 atom stereocenters. The van der Waals surface area contributed by atoms with E-state index in [1.807, 2.05) is 19.9 Å². The lowest BCUT2D eigenvalue weighted by atomic mass is 10.1. The largest absolute Gasteiger partial charge is 0.389 e. The molecule has 0 aromatic carbocycles. The molecule has 1 aliphatic rings. The van der Waals surface area contributed by atoms with Crippen molar-refractivity contribution in [3.63, 3.8) is 0 Å². The molecule has 0 bridgehead atoms. The third-order valence-electron chi connectivity index (χ3n) is 3.63. The van der Waals surface area contributed by atoms with Gasteiger partial charge >= 0.3 is 0 Å². The van der Waals surface area contributed by atoms with E-state index in [0.29, 0.717) is 11.1 Å². The molecule has 0 amide bonds. The zero-order valence-electron chi connectivity index (χ0n) is 12.2. The van der Waals surface area contributed by atoms with Gasteiger partial charge in [0.05, 0.1) is 11.7 Å². The fourth-order valence-corrected chi connectivity index (χ4v) is 2.94. The summed E-state index contributed by atoms with van der Waals surface area (Å²) in [5.41, 5.74) is 9.50. The number of ether oxygens (including phenoxy) is 1. The minimum atomic E-state index is 0.383. The molecule has 0 radical (unpaired) electrons. The summed E-state index contributed by atoms with van der Waals surface area (Å²) in [7, 11) is 0. The number of anilines is 1. The van der Waals surface area contributed by atoms with Crippen LogP contribution in [0.25, 0.3) is 0 Å². The number of rotatable bonds is 5. The molecule has 0 aliphatic carbocycles. The molecule has 2 rings (SSSR count). The maximum atomic E-state index is 5.81. The first-order valence-electron chi connectivity index (χ1n) is 7.21. The molecule has 2 heterocycles. The van der Waals surface area contributed by atoms with E-state index in [1.165, 1.54) is 12.8 Å². The highest BCUT2D eigenvalue weighted by Crippen LogP contribution is 2.21. The van der Waals surface area contributed by atoms with E-state index in [9.17, 15) is 0 Å². The van der Waals surface area contributed by atoms with Crippen molar-refractivity contribution in [3.05, 3.63) is 23.0 Å². The van der Waals surface area contributed by atoms with Gasteiger partial charge in [0.2, 0.25) is 0 Å². The molecule has 4 nitrogen and oxygen atoms in total. The average molecular weight is 293 g/mol. The SMILES string of the molecule is Cc1cc(NCCC2CCCCO2)c(C(N)=S)c(C)n1. The molecule has 1 aliphatic heterocycles. The average Bonchev–Trinajstić information content (AvgIpc) is 2.38. The highest BCUT2D eigenvalue weighted by molar-refractivity contribution is 7.80. The Morgan fingerprint density at radius 1 is 1.50 bits per heavy atom. The van der Waals surface area contributed by atoms with Crippen LogP contribution < -0.4 is 11.1 Å². The van der Waals surface area contributed by atoms with E-state index < -0.39 is 0 Å². The first-order valence-corrected chi connectivity index (χ1v) is 7.62. The van der Waals surface area contributed by atoms with Gasteiger partial charge in [-0.15, -0.1) is 0 Å². The molecular formula is C15H23N3OS. The predicted molar refractivity (Wildman–Crippen MR) is 86.3 cm³/mol. The number of hydrogen-bond donors (Lipinski definition) is 2. The van der Waals surface area contributed by atoms with Crippen LogP contribution in [0.1, 0.15) is 42.6 Å². The van der Waals surface area contributed by atoms with Crippen molar-refractivity contribution in [2.45, 2.75) is 45.6 Å². The van der Waals surface area contributed by atoms with Crippen LogP contribution in [0.3, 0.4) is 0 Å². The number of aryl methyl sites for hydroxylation is 2. The predicted octanol–water partition coefficient (Wildman–Crippen LogP) is 2.70. The Morgan fingerprint density at radius 3 is 2.95 bits per heavy atom. The summed E-state index contributed by atoms with van der Waals surface area (Å²) in [5.74, 6) is 0. The minimum Gasteiger partial charge on any atom is -0.389 e. The highest BCUT2D eigenvalue weighted by atomic mass is 32.1. The molecule has 1 saturated heterocycles. The van der Waals surface area contributed by atoms with Crippen LogP contribution in [-0.4, -0.2) is 29.2 Å². The monoisotopic (exact) mass is 293 g/mol. The number of aromatic nitrogens is 1. The maximum Gasteiger partial charge on any atom is 0.107 e. The molecule has 1 aromatic rings. The van der Waals surface area contributed by atoms with E-state index in [-0.39, 0.29) is 0 Å². The molecule has 3 N–H and O–H groups in total. The number of nitrogens with zero attached hydrogens (tertiary/aromatic N) is 1. The molecule has 0 spiro atoms. The van der Waals surface area contributed by atoms with Crippen LogP contribution in [0, 0.1) is 13.8 Å². The minimum absolute atomic E-state index is 0.383. The van der Waals surface area contributed by atoms with Gasteiger partial charge in [0.1, 0.15) is 4.99 Å². The Hall–Kier alpha value is -1.20. The first-order chi connectivity index (χ1) is 9.58. The van der Waals surface area contributed by atoms with Gasteiger partial charge in [-0.1, -0.05) is 12.2 Å². The van der Waals surface area contributed by atoms with Gasteiger partial charge in [-0.05, 0) is 45.6 Å². The maximum absolute atomic E-state index is 5.81. The van der Waals surface area contributed by atoms with Crippen molar-refractivity contribution in [2.75, 3.05) is 18.5 Å². The lowest BCUT2D eigenvalue weighted by Crippen LogP contribution is -2.23. The van der Waals surface area contributed by atoms with E-state index in [0.717, 1.165) is 48.6 Å². The lowest BCUT2D eigenvalue weighted by molar-refractivity contribution is 0.0134. The van der Waals surface area contributed by atoms with Crippen LogP contribution in [-0.2, 0) is 4.74 Å². The van der Waals surface area contributed by atoms with Crippen LogP contribution in [0.4, 0.5) is 5.69 Å². The summed E-state index contributed by atoms with van der Waals surface area (Å²) in [6, 6.07) is 2.00. The van der Waals surface area contributed by atoms with Crippen LogP contribution >= 0.6 is 12.2 Å². The topological polar surface area (TPSA) is 60.2 Å². The van der Waals surface area contributed by atoms with E-state index in [2.05, 4.69) is 10.3 Å². The molecule has 20 heavy (non-hydrogen) atoms. The second-order valence-electron chi connectivity index (χ2n) is 5.34. The number of thiocarbonyl (C=S) groups is 1. The summed E-state index contributed by atoms with van der Waals surface area (Å²) in [4.78, 5) is 4.82. The zero-order valence-corrected chi connectivity index (χ0v) is 13.1. The molecule has 110 valence electrons. The summed E-state index contributed by atoms with van der Waals surface area (Å²) < 4.78 is 5.74. The summed E-state index contributed by atoms with van der Waals surface area (Å²) in [6.45, 7) is 5.68. The van der Waals surface area contributed by atoms with Gasteiger partial charge in [-0.2, -0.15) is 0 Å². The van der Waals surface area contributed by atoms with Crippen molar-refractivity contribution < 1.29 is 4.74 Å². The van der Waals surface area contributed by atoms with Gasteiger partial charge < -0.3 is 15.8 Å². The third-order valence-corrected chi connectivity index (χ3v) is 3.83. The smallest absolute Gasteiger partial charge is 0.107 e. The molecular weight excluding hydrogens is 270 g/mol. The van der Waals surface area contributed by atoms with Crippen molar-refractivity contribution in [2.24, 2.45) is 5.73 Å². The Labute approximate surface area is 126 Å². The number of nitrogens with one attached hydrogen (secondary N) is 1. The lowest BCUT2D eigenvalue weighted by Gasteiger charge is -2.23. The van der Waals surface area contributed by atoms with Crippen molar-refractivity contribution >= 4 is 22.9 Å². The Morgan fingerprint density at radius 2 is 2.30 bits per heavy atom. The molecule has 1 aromatic heterocycles. The highest BCUT2D eigenvalue weighted by Gasteiger charge is 2.15. The van der Waals surface area contributed by atoms with Gasteiger partial charge in [0, 0.05) is 30.2 Å². The fraction of sp³-hybridized carbons (Fsp3) is 0.600. The van der Waals surface area contributed by atoms with Crippen molar-refractivity contribution in [1.82, 2.24) is 4.98 Å². The second-order valence-corrected chi connectivity index (χ2v) is 5.78. The van der Waals surface area contributed by atoms with Gasteiger partial charge in [0.15, 0.2) is 0 Å².